The molecule has 10 nitrogen and oxygen atoms in total. The number of carboxylic acid groups (broad SMARTS) is 2. The van der Waals surface area contributed by atoms with Crippen LogP contribution in [0.5, 0.6) is 0 Å². The summed E-state index contributed by atoms with van der Waals surface area (Å²) in [6.07, 6.45) is -12.6. The Hall–Kier alpha value is -2.94. The second kappa shape index (κ2) is 14.0. The van der Waals surface area contributed by atoms with Crippen LogP contribution < -0.4 is 10.6 Å². The number of amides is 4. The summed E-state index contributed by atoms with van der Waals surface area (Å²) in [5.41, 5.74) is -0.635. The van der Waals surface area contributed by atoms with Crippen molar-refractivity contribution in [1.82, 2.24) is 20.4 Å². The van der Waals surface area contributed by atoms with Crippen molar-refractivity contribution < 1.29 is 55.7 Å². The van der Waals surface area contributed by atoms with Crippen LogP contribution in [0.3, 0.4) is 0 Å². The number of hydrogen-bond acceptors (Lipinski definition) is 4. The Morgan fingerprint density at radius 2 is 1.14 bits per heavy atom. The van der Waals surface area contributed by atoms with Gasteiger partial charge >= 0.3 is 36.4 Å². The van der Waals surface area contributed by atoms with Crippen molar-refractivity contribution in [2.45, 2.75) is 64.8 Å². The molecule has 1 unspecified atom stereocenters. The number of rotatable bonds is 13. The van der Waals surface area contributed by atoms with Crippen molar-refractivity contribution in [3.8, 4) is 0 Å². The topological polar surface area (TPSA) is 139 Å². The molecular weight excluding hydrogens is 506 g/mol. The van der Waals surface area contributed by atoms with Crippen molar-refractivity contribution in [1.29, 1.82) is 0 Å². The Labute approximate surface area is 204 Å². The lowest BCUT2D eigenvalue weighted by Crippen LogP contribution is -2.48. The van der Waals surface area contributed by atoms with Gasteiger partial charge in [-0.1, -0.05) is 20.8 Å². The number of alkyl halides is 6. The van der Waals surface area contributed by atoms with Crippen molar-refractivity contribution >= 4 is 24.0 Å². The Kier molecular flexibility index (Phi) is 12.8. The molecule has 0 aromatic heterocycles. The largest absolute Gasteiger partial charge is 0.471 e. The molecule has 0 spiro atoms. The van der Waals surface area contributed by atoms with Crippen molar-refractivity contribution in [3.63, 3.8) is 0 Å². The van der Waals surface area contributed by atoms with Gasteiger partial charge in [0.2, 0.25) is 0 Å². The average molecular weight is 538 g/mol. The number of carbonyl (C=O) groups is 4. The first kappa shape index (κ1) is 33.1. The first-order valence-electron chi connectivity index (χ1n) is 11.0. The maximum Gasteiger partial charge on any atom is 0.471 e. The molecule has 4 N–H and O–H groups in total. The minimum Gasteiger partial charge on any atom is -0.465 e. The van der Waals surface area contributed by atoms with E-state index in [0.29, 0.717) is 0 Å². The normalized spacial score (nSPS) is 13.0. The molecule has 0 aliphatic rings. The van der Waals surface area contributed by atoms with E-state index in [1.165, 1.54) is 0 Å². The highest BCUT2D eigenvalue weighted by Gasteiger charge is 2.39. The third-order valence-electron chi connectivity index (χ3n) is 5.06. The Bertz CT molecular complexity index is 754. The molecule has 0 heterocycles. The summed E-state index contributed by atoms with van der Waals surface area (Å²) in [7, 11) is 0. The third kappa shape index (κ3) is 12.7. The number of nitrogens with zero attached hydrogens (tertiary/aromatic N) is 2. The van der Waals surface area contributed by atoms with Gasteiger partial charge in [-0.3, -0.25) is 9.59 Å². The standard InChI is InChI=1S/C20H32F6N4O6/c1-18(2,3)13(30(17(35)36)12-6-9-28-15(32)20(24,25)26)7-4-10-29(16(33)34)11-5-8-27-14(31)19(21,22)23/h13H,4-12H2,1-3H3,(H,27,31)(H,28,32)(H,33,34)(H,35,36). The smallest absolute Gasteiger partial charge is 0.465 e. The van der Waals surface area contributed by atoms with Crippen LogP contribution in [0.4, 0.5) is 35.9 Å². The van der Waals surface area contributed by atoms with E-state index < -0.39 is 60.9 Å². The maximum atomic E-state index is 12.3. The molecule has 1 atom stereocenters. The van der Waals surface area contributed by atoms with Crippen LogP contribution in [-0.4, -0.2) is 95.1 Å². The molecule has 0 bridgehead atoms. The predicted molar refractivity (Wildman–Crippen MR) is 114 cm³/mol. The molecule has 4 amide bonds. The Morgan fingerprint density at radius 1 is 0.722 bits per heavy atom. The van der Waals surface area contributed by atoms with Crippen LogP contribution in [0.15, 0.2) is 0 Å². The lowest BCUT2D eigenvalue weighted by atomic mass is 9.83. The van der Waals surface area contributed by atoms with E-state index in [1.807, 2.05) is 0 Å². The molecule has 210 valence electrons. The van der Waals surface area contributed by atoms with Crippen LogP contribution in [0.25, 0.3) is 0 Å². The highest BCUT2D eigenvalue weighted by molar-refractivity contribution is 5.82. The zero-order chi connectivity index (χ0) is 28.3. The monoisotopic (exact) mass is 538 g/mol. The Morgan fingerprint density at radius 3 is 1.50 bits per heavy atom. The molecule has 0 aliphatic carbocycles. The summed E-state index contributed by atoms with van der Waals surface area (Å²) in [5.74, 6) is -4.27. The van der Waals surface area contributed by atoms with E-state index in [4.69, 9.17) is 0 Å². The van der Waals surface area contributed by atoms with E-state index in [9.17, 15) is 55.7 Å². The van der Waals surface area contributed by atoms with Crippen LogP contribution in [0, 0.1) is 5.41 Å². The van der Waals surface area contributed by atoms with E-state index in [0.717, 1.165) is 9.80 Å². The van der Waals surface area contributed by atoms with Gasteiger partial charge in [0.15, 0.2) is 0 Å². The summed E-state index contributed by atoms with van der Waals surface area (Å²) in [6.45, 7) is 3.98. The number of hydrogen-bond donors (Lipinski definition) is 4. The minimum atomic E-state index is -5.06. The molecule has 0 aromatic rings. The van der Waals surface area contributed by atoms with Crippen LogP contribution in [0.1, 0.15) is 46.5 Å². The second-order valence-corrected chi connectivity index (χ2v) is 8.98. The fraction of sp³-hybridized carbons (Fsp3) is 0.800. The van der Waals surface area contributed by atoms with Gasteiger partial charge in [-0.25, -0.2) is 9.59 Å². The fourth-order valence-electron chi connectivity index (χ4n) is 3.34. The molecule has 36 heavy (non-hydrogen) atoms. The molecule has 0 saturated heterocycles. The highest BCUT2D eigenvalue weighted by Crippen LogP contribution is 2.28. The molecule has 0 fully saturated rings. The maximum absolute atomic E-state index is 12.3. The summed E-state index contributed by atoms with van der Waals surface area (Å²) < 4.78 is 73.3. The van der Waals surface area contributed by atoms with E-state index in [-0.39, 0.29) is 45.3 Å². The molecule has 0 radical (unpaired) electrons. The molecule has 0 aromatic carbocycles. The van der Waals surface area contributed by atoms with Crippen molar-refractivity contribution in [2.24, 2.45) is 5.41 Å². The molecule has 0 saturated carbocycles. The quantitative estimate of drug-likeness (QED) is 0.210. The SMILES string of the molecule is CC(C)(C)C(CCCN(CCCNC(=O)C(F)(F)F)C(=O)O)N(CCCNC(=O)C(F)(F)F)C(=O)O. The van der Waals surface area contributed by atoms with Gasteiger partial charge in [0.1, 0.15) is 0 Å². The first-order chi connectivity index (χ1) is 16.3. The lowest BCUT2D eigenvalue weighted by Gasteiger charge is -2.39. The summed E-state index contributed by atoms with van der Waals surface area (Å²) in [6, 6.07) is -0.657. The summed E-state index contributed by atoms with van der Waals surface area (Å²) in [4.78, 5) is 46.9. The first-order valence-corrected chi connectivity index (χ1v) is 11.0. The van der Waals surface area contributed by atoms with Gasteiger partial charge in [-0.15, -0.1) is 0 Å². The van der Waals surface area contributed by atoms with E-state index in [2.05, 4.69) is 0 Å². The average Bonchev–Trinajstić information content (AvgIpc) is 2.70. The van der Waals surface area contributed by atoms with Crippen molar-refractivity contribution in [2.75, 3.05) is 32.7 Å². The zero-order valence-corrected chi connectivity index (χ0v) is 20.1. The third-order valence-corrected chi connectivity index (χ3v) is 5.06. The van der Waals surface area contributed by atoms with Gasteiger partial charge in [0.05, 0.1) is 0 Å². The number of nitrogens with one attached hydrogen (secondary N) is 2. The molecule has 0 rings (SSSR count). The minimum absolute atomic E-state index is 0.0652. The number of halogens is 6. The fourth-order valence-corrected chi connectivity index (χ4v) is 3.34. The van der Waals surface area contributed by atoms with Crippen molar-refractivity contribution in [3.05, 3.63) is 0 Å². The zero-order valence-electron chi connectivity index (χ0n) is 20.1. The van der Waals surface area contributed by atoms with Gasteiger partial charge in [0, 0.05) is 38.8 Å². The van der Waals surface area contributed by atoms with Crippen LogP contribution >= 0.6 is 0 Å². The summed E-state index contributed by atoms with van der Waals surface area (Å²) in [5, 5.41) is 22.2. The van der Waals surface area contributed by atoms with E-state index in [1.54, 1.807) is 31.4 Å². The highest BCUT2D eigenvalue weighted by atomic mass is 19.4. The van der Waals surface area contributed by atoms with Gasteiger partial charge in [-0.05, 0) is 31.1 Å². The van der Waals surface area contributed by atoms with Gasteiger partial charge < -0.3 is 30.6 Å². The number of carbonyl (C=O) groups excluding carboxylic acids is 2. The van der Waals surface area contributed by atoms with Gasteiger partial charge in [-0.2, -0.15) is 26.3 Å². The lowest BCUT2D eigenvalue weighted by molar-refractivity contribution is -0.173. The van der Waals surface area contributed by atoms with Crippen LogP contribution in [0.2, 0.25) is 0 Å². The van der Waals surface area contributed by atoms with Gasteiger partial charge in [0.25, 0.3) is 0 Å². The van der Waals surface area contributed by atoms with Crippen LogP contribution in [-0.2, 0) is 9.59 Å². The Balaban J connectivity index is 4.93. The predicted octanol–water partition coefficient (Wildman–Crippen LogP) is 3.28. The molecule has 0 aliphatic heterocycles. The molecule has 16 heteroatoms. The van der Waals surface area contributed by atoms with E-state index >= 15 is 0 Å². The summed E-state index contributed by atoms with van der Waals surface area (Å²) >= 11 is 0. The molecular formula is C20H32F6N4O6. The second-order valence-electron chi connectivity index (χ2n) is 8.98.